The minimum Gasteiger partial charge on any atom is -0.497 e. The van der Waals surface area contributed by atoms with Crippen LogP contribution in [-0.4, -0.2) is 82.9 Å². The Balaban J connectivity index is 1.57. The fourth-order valence-electron chi connectivity index (χ4n) is 3.58. The van der Waals surface area contributed by atoms with E-state index < -0.39 is 6.10 Å². The number of aliphatic hydroxyl groups excluding tert-OH is 2. The fourth-order valence-corrected chi connectivity index (χ4v) is 3.58. The summed E-state index contributed by atoms with van der Waals surface area (Å²) in [5, 5.41) is 27.8. The molecule has 1 unspecified atom stereocenters. The predicted molar refractivity (Wildman–Crippen MR) is 110 cm³/mol. The van der Waals surface area contributed by atoms with Crippen LogP contribution in [0.25, 0.3) is 0 Å². The van der Waals surface area contributed by atoms with E-state index in [1.807, 2.05) is 32.2 Å². The number of aryl methyl sites for hydroxylation is 1. The van der Waals surface area contributed by atoms with E-state index in [-0.39, 0.29) is 12.7 Å². The Kier molecular flexibility index (Phi) is 8.03. The molecule has 1 fully saturated rings. The lowest BCUT2D eigenvalue weighted by molar-refractivity contribution is 0.0335. The van der Waals surface area contributed by atoms with E-state index in [0.717, 1.165) is 48.6 Å². The Morgan fingerprint density at radius 1 is 1.27 bits per heavy atom. The molecule has 2 aromatic rings. The van der Waals surface area contributed by atoms with Gasteiger partial charge in [-0.25, -0.2) is 4.63 Å². The number of aromatic nitrogens is 2. The number of aliphatic hydroxyl groups is 2. The molecule has 2 heterocycles. The first-order valence-corrected chi connectivity index (χ1v) is 10.3. The zero-order valence-electron chi connectivity index (χ0n) is 18.0. The van der Waals surface area contributed by atoms with Crippen molar-refractivity contribution in [2.24, 2.45) is 0 Å². The van der Waals surface area contributed by atoms with Crippen molar-refractivity contribution in [2.75, 3.05) is 40.4 Å². The molecule has 2 N–H and O–H groups in total. The number of methoxy groups -OCH3 is 1. The second-order valence-electron chi connectivity index (χ2n) is 7.94. The molecule has 0 bridgehead atoms. The highest BCUT2D eigenvalue weighted by atomic mass is 16.6. The van der Waals surface area contributed by atoms with Gasteiger partial charge in [-0.2, -0.15) is 0 Å². The van der Waals surface area contributed by atoms with Gasteiger partial charge in [-0.1, -0.05) is 10.3 Å². The predicted octanol–water partition coefficient (Wildman–Crippen LogP) is 1.22. The number of nitrogens with zero attached hydrogens (tertiary/aromatic N) is 4. The minimum atomic E-state index is -0.600. The topological polar surface area (TPSA) is 104 Å². The Morgan fingerprint density at radius 2 is 2.03 bits per heavy atom. The molecule has 3 rings (SSSR count). The van der Waals surface area contributed by atoms with Crippen molar-refractivity contribution in [1.82, 2.24) is 20.1 Å². The Hall–Kier alpha value is -2.20. The average Bonchev–Trinajstić information content (AvgIpc) is 3.13. The summed E-state index contributed by atoms with van der Waals surface area (Å²) >= 11 is 0. The van der Waals surface area contributed by atoms with Crippen LogP contribution >= 0.6 is 0 Å². The summed E-state index contributed by atoms with van der Waals surface area (Å²) in [5.41, 5.74) is 2.53. The number of hydrogen-bond acceptors (Lipinski definition) is 9. The van der Waals surface area contributed by atoms with Crippen molar-refractivity contribution in [3.8, 4) is 11.5 Å². The summed E-state index contributed by atoms with van der Waals surface area (Å²) in [6.45, 7) is 5.41. The number of β-amino-alcohol motifs (C(OH)–C–C–N with tert-alkyl or cyclic N) is 1. The Bertz CT molecular complexity index is 791. The summed E-state index contributed by atoms with van der Waals surface area (Å²) in [4.78, 5) is 4.25. The van der Waals surface area contributed by atoms with E-state index in [1.54, 1.807) is 7.11 Å². The van der Waals surface area contributed by atoms with Gasteiger partial charge in [-0.15, -0.1) is 0 Å². The highest BCUT2D eigenvalue weighted by molar-refractivity contribution is 5.40. The summed E-state index contributed by atoms with van der Waals surface area (Å²) in [6.07, 6.45) is 0.689. The molecule has 166 valence electrons. The molecule has 30 heavy (non-hydrogen) atoms. The van der Waals surface area contributed by atoms with Gasteiger partial charge in [-0.05, 0) is 45.0 Å². The largest absolute Gasteiger partial charge is 0.497 e. The van der Waals surface area contributed by atoms with Gasteiger partial charge in [0.05, 0.1) is 13.2 Å². The molecule has 0 radical (unpaired) electrons. The monoisotopic (exact) mass is 420 g/mol. The third-order valence-corrected chi connectivity index (χ3v) is 5.33. The van der Waals surface area contributed by atoms with E-state index in [1.165, 1.54) is 0 Å². The molecule has 0 amide bonds. The van der Waals surface area contributed by atoms with Crippen LogP contribution in [0.4, 0.5) is 0 Å². The van der Waals surface area contributed by atoms with Crippen LogP contribution < -0.4 is 9.47 Å². The van der Waals surface area contributed by atoms with Crippen molar-refractivity contribution in [3.05, 3.63) is 35.2 Å². The third-order valence-electron chi connectivity index (χ3n) is 5.33. The smallest absolute Gasteiger partial charge is 0.124 e. The zero-order valence-corrected chi connectivity index (χ0v) is 18.0. The first kappa shape index (κ1) is 22.5. The highest BCUT2D eigenvalue weighted by Crippen LogP contribution is 2.26. The van der Waals surface area contributed by atoms with Crippen LogP contribution in [0.15, 0.2) is 22.8 Å². The zero-order chi connectivity index (χ0) is 21.5. The molecule has 9 nitrogen and oxygen atoms in total. The highest BCUT2D eigenvalue weighted by Gasteiger charge is 2.20. The first-order valence-electron chi connectivity index (χ1n) is 10.3. The lowest BCUT2D eigenvalue weighted by Crippen LogP contribution is -2.41. The molecule has 0 spiro atoms. The first-order chi connectivity index (χ1) is 14.4. The van der Waals surface area contributed by atoms with Gasteiger partial charge in [0.1, 0.15) is 35.6 Å². The van der Waals surface area contributed by atoms with Crippen LogP contribution in [-0.2, 0) is 13.1 Å². The molecule has 0 saturated carbocycles. The molecule has 1 aliphatic rings. The van der Waals surface area contributed by atoms with E-state index in [0.29, 0.717) is 25.4 Å². The molecule has 1 aromatic heterocycles. The van der Waals surface area contributed by atoms with Gasteiger partial charge in [0.15, 0.2) is 0 Å². The SMILES string of the molecule is COc1ccc(OCC(O)CN2CCC(O)CC2)c(CN(C)Cc2nonc2C)c1. The normalized spacial score (nSPS) is 16.7. The number of piperidine rings is 1. The van der Waals surface area contributed by atoms with Crippen molar-refractivity contribution < 1.29 is 24.3 Å². The van der Waals surface area contributed by atoms with E-state index >= 15 is 0 Å². The molecule has 1 atom stereocenters. The molecule has 0 aliphatic carbocycles. The lowest BCUT2D eigenvalue weighted by atomic mass is 10.1. The van der Waals surface area contributed by atoms with Crippen LogP contribution in [0.2, 0.25) is 0 Å². The summed E-state index contributed by atoms with van der Waals surface area (Å²) in [5.74, 6) is 1.46. The number of hydrogen-bond donors (Lipinski definition) is 2. The molecule has 9 heteroatoms. The maximum atomic E-state index is 10.4. The number of likely N-dealkylation sites (tertiary alicyclic amines) is 1. The van der Waals surface area contributed by atoms with Crippen LogP contribution in [0, 0.1) is 6.92 Å². The third kappa shape index (κ3) is 6.40. The molecule has 1 saturated heterocycles. The Labute approximate surface area is 177 Å². The summed E-state index contributed by atoms with van der Waals surface area (Å²) in [6, 6.07) is 5.66. The maximum Gasteiger partial charge on any atom is 0.124 e. The van der Waals surface area contributed by atoms with Gasteiger partial charge < -0.3 is 24.6 Å². The van der Waals surface area contributed by atoms with Crippen LogP contribution in [0.1, 0.15) is 29.8 Å². The number of rotatable bonds is 10. The van der Waals surface area contributed by atoms with Gasteiger partial charge in [0.2, 0.25) is 0 Å². The second kappa shape index (κ2) is 10.7. The van der Waals surface area contributed by atoms with Gasteiger partial charge in [0, 0.05) is 38.3 Å². The molecular weight excluding hydrogens is 388 g/mol. The Morgan fingerprint density at radius 3 is 2.70 bits per heavy atom. The standard InChI is InChI=1S/C21H32N4O5/c1-15-20(23-30-22-15)13-24(2)11-16-10-19(28-3)4-5-21(16)29-14-18(27)12-25-8-6-17(26)7-9-25/h4-5,10,17-18,26-27H,6-9,11-14H2,1-3H3. The van der Waals surface area contributed by atoms with Gasteiger partial charge >= 0.3 is 0 Å². The number of ether oxygens (including phenoxy) is 2. The van der Waals surface area contributed by atoms with Crippen molar-refractivity contribution >= 4 is 0 Å². The lowest BCUT2D eigenvalue weighted by Gasteiger charge is -2.31. The van der Waals surface area contributed by atoms with Crippen molar-refractivity contribution in [1.29, 1.82) is 0 Å². The summed E-state index contributed by atoms with van der Waals surface area (Å²) < 4.78 is 16.1. The fraction of sp³-hybridized carbons (Fsp3) is 0.619. The van der Waals surface area contributed by atoms with E-state index in [2.05, 4.69) is 20.1 Å². The minimum absolute atomic E-state index is 0.203. The summed E-state index contributed by atoms with van der Waals surface area (Å²) in [7, 11) is 3.62. The molecule has 1 aliphatic heterocycles. The van der Waals surface area contributed by atoms with Crippen molar-refractivity contribution in [3.63, 3.8) is 0 Å². The van der Waals surface area contributed by atoms with E-state index in [4.69, 9.17) is 14.1 Å². The van der Waals surface area contributed by atoms with Crippen LogP contribution in [0.5, 0.6) is 11.5 Å². The second-order valence-corrected chi connectivity index (χ2v) is 7.94. The molecule has 1 aromatic carbocycles. The maximum absolute atomic E-state index is 10.4. The van der Waals surface area contributed by atoms with Gasteiger partial charge in [0.25, 0.3) is 0 Å². The quantitative estimate of drug-likeness (QED) is 0.587. The van der Waals surface area contributed by atoms with Gasteiger partial charge in [-0.3, -0.25) is 4.90 Å². The van der Waals surface area contributed by atoms with E-state index in [9.17, 15) is 10.2 Å². The number of benzene rings is 1. The van der Waals surface area contributed by atoms with Crippen molar-refractivity contribution in [2.45, 2.75) is 45.1 Å². The molecular formula is C21H32N4O5. The van der Waals surface area contributed by atoms with Crippen LogP contribution in [0.3, 0.4) is 0 Å². The average molecular weight is 421 g/mol.